The molecule has 1 aliphatic heterocycles. The zero-order valence-electron chi connectivity index (χ0n) is 33.9. The number of rotatable bonds is 16. The van der Waals surface area contributed by atoms with Crippen LogP contribution in [0.15, 0.2) is 95.9 Å². The molecule has 15 heteroatoms. The van der Waals surface area contributed by atoms with E-state index in [-0.39, 0.29) is 29.8 Å². The number of piperidine rings is 1. The lowest BCUT2D eigenvalue weighted by atomic mass is 9.86. The van der Waals surface area contributed by atoms with Crippen molar-refractivity contribution in [2.45, 2.75) is 68.7 Å². The van der Waals surface area contributed by atoms with Gasteiger partial charge in [-0.15, -0.1) is 0 Å². The molecule has 0 bridgehead atoms. The zero-order chi connectivity index (χ0) is 42.6. The molecule has 2 amide bonds. The number of hydrogen-bond donors (Lipinski definition) is 3. The topological polar surface area (TPSA) is 144 Å². The minimum Gasteiger partial charge on any atom is -0.394 e. The average Bonchev–Trinajstić information content (AvgIpc) is 3.29. The molecule has 0 atom stereocenters. The van der Waals surface area contributed by atoms with Gasteiger partial charge in [0.25, 0.3) is 11.8 Å². The Hall–Kier alpha value is -3.91. The maximum absolute atomic E-state index is 14.8. The van der Waals surface area contributed by atoms with Gasteiger partial charge in [0.15, 0.2) is 46.0 Å². The van der Waals surface area contributed by atoms with Crippen molar-refractivity contribution in [3.05, 3.63) is 119 Å². The van der Waals surface area contributed by atoms with Crippen molar-refractivity contribution >= 4 is 96.9 Å². The van der Waals surface area contributed by atoms with Crippen molar-refractivity contribution < 1.29 is 34.3 Å². The number of ether oxygens (including phenoxy) is 1. The normalized spacial score (nSPS) is 17.1. The maximum Gasteiger partial charge on any atom is 0.347 e. The molecular formula is C45H52I2N4O8S. The summed E-state index contributed by atoms with van der Waals surface area (Å²) in [6.45, 7) is 2.60. The summed E-state index contributed by atoms with van der Waals surface area (Å²) in [5.74, 6) is -1.56. The predicted octanol–water partition coefficient (Wildman–Crippen LogP) is 8.79. The fraction of sp³-hybridized carbons (Fsp3) is 0.378. The van der Waals surface area contributed by atoms with Crippen molar-refractivity contribution in [1.82, 2.24) is 4.31 Å². The number of thiol groups is 1. The molecule has 60 heavy (non-hydrogen) atoms. The van der Waals surface area contributed by atoms with Gasteiger partial charge >= 0.3 is 11.9 Å². The maximum atomic E-state index is 14.8. The molecule has 6 rings (SSSR count). The van der Waals surface area contributed by atoms with E-state index in [1.165, 1.54) is 6.42 Å². The Morgan fingerprint density at radius 3 is 2.07 bits per heavy atom. The number of nitrogens with zero attached hydrogens (tertiary/aromatic N) is 2. The third kappa shape index (κ3) is 11.7. The van der Waals surface area contributed by atoms with Crippen LogP contribution in [0.2, 0.25) is 0 Å². The van der Waals surface area contributed by atoms with E-state index in [0.29, 0.717) is 71.8 Å². The number of carbonyl (C=O) groups is 4. The van der Waals surface area contributed by atoms with Gasteiger partial charge in [-0.2, -0.15) is 0 Å². The van der Waals surface area contributed by atoms with E-state index < -0.39 is 16.0 Å². The van der Waals surface area contributed by atoms with Crippen molar-refractivity contribution in [1.29, 1.82) is 0 Å². The fourth-order valence-electron chi connectivity index (χ4n) is 8.06. The lowest BCUT2D eigenvalue weighted by Crippen LogP contribution is -2.47. The van der Waals surface area contributed by atoms with Crippen molar-refractivity contribution in [2.75, 3.05) is 55.1 Å². The van der Waals surface area contributed by atoms with Crippen LogP contribution in [0, 0.1) is 5.92 Å². The minimum atomic E-state index is -3.20. The van der Waals surface area contributed by atoms with Gasteiger partial charge in [-0.1, -0.05) is 30.3 Å². The number of benzene rings is 4. The van der Waals surface area contributed by atoms with Gasteiger partial charge in [-0.3, -0.25) is 18.6 Å². The first-order valence-electron chi connectivity index (χ1n) is 20.3. The Balaban J connectivity index is 1.17. The molecule has 4 aromatic carbocycles. The molecular weight excluding hydrogens is 1010 g/mol. The summed E-state index contributed by atoms with van der Waals surface area (Å²) in [6, 6.07) is 27.5. The molecule has 1 saturated carbocycles. The molecule has 2 aliphatic rings. The number of methoxy groups -OCH3 is 1. The van der Waals surface area contributed by atoms with E-state index in [1.54, 1.807) is 102 Å². The van der Waals surface area contributed by atoms with E-state index in [9.17, 15) is 23.4 Å². The average molecular weight is 1060 g/mol. The fourth-order valence-corrected chi connectivity index (χ4v) is 11.0. The van der Waals surface area contributed by atoms with Gasteiger partial charge in [0.1, 0.15) is 0 Å². The van der Waals surface area contributed by atoms with Crippen molar-refractivity contribution in [3.63, 3.8) is 0 Å². The SMILES string of the molecule is COCCN(C1CCC(C(=O)OI)CC1)[SH](C)(=O)c1cccc(C(=O)Nc2ccc(N3CCCCC3)cc2C(=O)Nc2ccc(CCc3ccc(C(=O)OI)cc3)cc2)c1. The number of amides is 2. The second-order valence-electron chi connectivity index (χ2n) is 15.4. The first-order chi connectivity index (χ1) is 29.0. The Labute approximate surface area is 381 Å². The highest BCUT2D eigenvalue weighted by Gasteiger charge is 2.35. The largest absolute Gasteiger partial charge is 0.394 e. The molecule has 0 radical (unpaired) electrons. The Kier molecular flexibility index (Phi) is 16.5. The number of aryl methyl sites for hydroxylation is 2. The molecule has 1 saturated heterocycles. The summed E-state index contributed by atoms with van der Waals surface area (Å²) in [7, 11) is -1.59. The molecule has 0 aromatic heterocycles. The molecule has 320 valence electrons. The van der Waals surface area contributed by atoms with Crippen LogP contribution in [0.3, 0.4) is 0 Å². The van der Waals surface area contributed by atoms with E-state index in [0.717, 1.165) is 55.6 Å². The number of anilines is 3. The van der Waals surface area contributed by atoms with Crippen LogP contribution in [-0.2, 0) is 38.6 Å². The quantitative estimate of drug-likeness (QED) is 0.0742. The first kappa shape index (κ1) is 45.6. The van der Waals surface area contributed by atoms with Gasteiger partial charge in [0, 0.05) is 60.9 Å². The van der Waals surface area contributed by atoms with Gasteiger partial charge < -0.3 is 26.4 Å². The number of carbonyl (C=O) groups excluding carboxylic acids is 4. The first-order valence-corrected chi connectivity index (χ1v) is 24.2. The summed E-state index contributed by atoms with van der Waals surface area (Å²) in [5, 5.41) is 6.03. The molecule has 1 aliphatic carbocycles. The Morgan fingerprint density at radius 2 is 1.43 bits per heavy atom. The van der Waals surface area contributed by atoms with Crippen molar-refractivity contribution in [2.24, 2.45) is 5.92 Å². The van der Waals surface area contributed by atoms with Gasteiger partial charge in [0.2, 0.25) is 0 Å². The lowest BCUT2D eigenvalue weighted by molar-refractivity contribution is -0.137. The van der Waals surface area contributed by atoms with Gasteiger partial charge in [0.05, 0.1) is 29.3 Å². The number of halogens is 2. The van der Waals surface area contributed by atoms with E-state index in [4.69, 9.17) is 10.9 Å². The highest BCUT2D eigenvalue weighted by atomic mass is 127. The molecule has 12 nitrogen and oxygen atoms in total. The van der Waals surface area contributed by atoms with E-state index in [1.807, 2.05) is 52.8 Å². The molecule has 4 aromatic rings. The second kappa shape index (κ2) is 21.7. The zero-order valence-corrected chi connectivity index (χ0v) is 39.1. The van der Waals surface area contributed by atoms with Crippen LogP contribution in [0.1, 0.15) is 87.1 Å². The Morgan fingerprint density at radius 1 is 0.767 bits per heavy atom. The van der Waals surface area contributed by atoms with Crippen LogP contribution in [0.4, 0.5) is 17.1 Å². The molecule has 2 fully saturated rings. The molecule has 2 N–H and O–H groups in total. The summed E-state index contributed by atoms with van der Waals surface area (Å²) in [4.78, 5) is 54.8. The summed E-state index contributed by atoms with van der Waals surface area (Å²) in [5.41, 5.74) is 5.23. The smallest absolute Gasteiger partial charge is 0.347 e. The summed E-state index contributed by atoms with van der Waals surface area (Å²) in [6.07, 6.45) is 9.26. The monoisotopic (exact) mass is 1060 g/mol. The third-order valence-corrected chi connectivity index (χ3v) is 15.1. The van der Waals surface area contributed by atoms with Crippen LogP contribution >= 0.6 is 46.0 Å². The van der Waals surface area contributed by atoms with Crippen LogP contribution in [0.25, 0.3) is 0 Å². The van der Waals surface area contributed by atoms with E-state index >= 15 is 0 Å². The van der Waals surface area contributed by atoms with E-state index in [2.05, 4.69) is 15.5 Å². The van der Waals surface area contributed by atoms with Crippen LogP contribution < -0.4 is 15.5 Å². The van der Waals surface area contributed by atoms with Crippen LogP contribution in [0.5, 0.6) is 0 Å². The lowest BCUT2D eigenvalue weighted by Gasteiger charge is -2.42. The summed E-state index contributed by atoms with van der Waals surface area (Å²) >= 11 is 3.21. The number of hydrogen-bond acceptors (Lipinski definition) is 9. The third-order valence-electron chi connectivity index (χ3n) is 11.5. The molecule has 0 unspecified atom stereocenters. The summed E-state index contributed by atoms with van der Waals surface area (Å²) < 4.78 is 31.9. The highest BCUT2D eigenvalue weighted by Crippen LogP contribution is 2.35. The molecule has 1 heterocycles. The standard InChI is InChI=1S/C45H52I2N4O8S/c1-57-28-27-51(37-21-17-34(18-22-37)45(55)59-47)60(2,56)39-8-6-7-35(29-39)42(52)49-41-24-23-38(50-25-4-3-5-26-50)30-40(41)43(53)48-36-19-13-32(14-20-36)10-9-31-11-15-33(16-12-31)44(54)58-46/h6-8,11-16,19-20,23-24,29-30,34,37,60H,3-5,9-10,17-18,21-22,25-28H2,1-2H3,(H,48,53)(H,49,52). The van der Waals surface area contributed by atoms with Gasteiger partial charge in [-0.25, -0.2) is 9.10 Å². The highest BCUT2D eigenvalue weighted by molar-refractivity contribution is 14.1. The van der Waals surface area contributed by atoms with Crippen molar-refractivity contribution in [3.8, 4) is 0 Å². The number of nitrogens with one attached hydrogen (secondary N) is 2. The van der Waals surface area contributed by atoms with Crippen LogP contribution in [-0.4, -0.2) is 77.9 Å². The second-order valence-corrected chi connectivity index (χ2v) is 19.1. The predicted molar refractivity (Wildman–Crippen MR) is 253 cm³/mol. The Bertz CT molecular complexity index is 2170. The molecule has 0 spiro atoms. The minimum absolute atomic E-state index is 0.0271. The van der Waals surface area contributed by atoms with Gasteiger partial charge in [-0.05, 0) is 140 Å².